The highest BCUT2D eigenvalue weighted by Crippen LogP contribution is 2.47. The maximum atomic E-state index is 13.3. The fraction of sp³-hybridized carbons (Fsp3) is 0.385. The smallest absolute Gasteiger partial charge is 0.336 e. The van der Waals surface area contributed by atoms with Crippen molar-refractivity contribution in [3.8, 4) is 17.1 Å². The highest BCUT2D eigenvalue weighted by molar-refractivity contribution is 6.32. The number of benzene rings is 1. The number of ether oxygens (including phenoxy) is 2. The molecule has 0 radical (unpaired) electrons. The average molecular weight is 470 g/mol. The van der Waals surface area contributed by atoms with E-state index in [9.17, 15) is 9.59 Å². The standard InChI is InChI=1S/C26H28ClNO5/c1-6-32-25(30)22-14(2)28-17-12-26(3,4)13-18(29)23(17)24(22)21-10-9-19(33-21)15-7-8-20(31-5)16(27)11-15/h7-11,24,28H,6,12-13H2,1-5H3. The molecule has 33 heavy (non-hydrogen) atoms. The molecule has 2 aliphatic rings. The molecule has 1 aromatic carbocycles. The normalized spacial score (nSPS) is 19.8. The Morgan fingerprint density at radius 2 is 2.00 bits per heavy atom. The second-order valence-electron chi connectivity index (χ2n) is 9.20. The van der Waals surface area contributed by atoms with Crippen LogP contribution >= 0.6 is 11.6 Å². The summed E-state index contributed by atoms with van der Waals surface area (Å²) in [7, 11) is 1.56. The van der Waals surface area contributed by atoms with Crippen molar-refractivity contribution in [3.05, 3.63) is 63.7 Å². The van der Waals surface area contributed by atoms with Crippen LogP contribution in [0.3, 0.4) is 0 Å². The largest absolute Gasteiger partial charge is 0.495 e. The minimum atomic E-state index is -0.633. The van der Waals surface area contributed by atoms with Gasteiger partial charge in [-0.05, 0) is 56.0 Å². The van der Waals surface area contributed by atoms with Crippen LogP contribution in [0, 0.1) is 5.41 Å². The number of rotatable bonds is 5. The van der Waals surface area contributed by atoms with Gasteiger partial charge in [-0.3, -0.25) is 4.79 Å². The molecule has 1 atom stereocenters. The van der Waals surface area contributed by atoms with Crippen LogP contribution in [0.15, 0.2) is 57.3 Å². The molecule has 1 N–H and O–H groups in total. The number of carbonyl (C=O) groups is 2. The summed E-state index contributed by atoms with van der Waals surface area (Å²) in [5, 5.41) is 3.78. The van der Waals surface area contributed by atoms with Gasteiger partial charge in [-0.15, -0.1) is 0 Å². The molecule has 2 heterocycles. The number of esters is 1. The van der Waals surface area contributed by atoms with Gasteiger partial charge in [-0.25, -0.2) is 4.79 Å². The number of hydrogen-bond acceptors (Lipinski definition) is 6. The van der Waals surface area contributed by atoms with Crippen LogP contribution in [0.25, 0.3) is 11.3 Å². The van der Waals surface area contributed by atoms with Crippen LogP contribution in [-0.4, -0.2) is 25.5 Å². The molecular weight excluding hydrogens is 442 g/mol. The fourth-order valence-electron chi connectivity index (χ4n) is 4.68. The summed E-state index contributed by atoms with van der Waals surface area (Å²) in [4.78, 5) is 26.3. The molecule has 0 saturated heterocycles. The van der Waals surface area contributed by atoms with Crippen LogP contribution in [0.1, 0.15) is 52.2 Å². The zero-order valence-corrected chi connectivity index (χ0v) is 20.3. The second-order valence-corrected chi connectivity index (χ2v) is 9.61. The maximum absolute atomic E-state index is 13.3. The number of nitrogens with one attached hydrogen (secondary N) is 1. The van der Waals surface area contributed by atoms with E-state index in [1.165, 1.54) is 0 Å². The molecule has 0 spiro atoms. The van der Waals surface area contributed by atoms with Crippen molar-refractivity contribution >= 4 is 23.4 Å². The number of hydrogen-bond donors (Lipinski definition) is 1. The summed E-state index contributed by atoms with van der Waals surface area (Å²) in [6.45, 7) is 7.98. The third-order valence-electron chi connectivity index (χ3n) is 6.08. The lowest BCUT2D eigenvalue weighted by Gasteiger charge is -2.38. The molecule has 4 rings (SSSR count). The number of allylic oxidation sites excluding steroid dienone is 3. The first-order valence-corrected chi connectivity index (χ1v) is 11.4. The molecule has 1 aliphatic carbocycles. The van der Waals surface area contributed by atoms with Crippen LogP contribution in [-0.2, 0) is 14.3 Å². The molecule has 174 valence electrons. The fourth-order valence-corrected chi connectivity index (χ4v) is 4.94. The zero-order valence-electron chi connectivity index (χ0n) is 19.5. The van der Waals surface area contributed by atoms with Gasteiger partial charge in [-0.1, -0.05) is 25.4 Å². The second kappa shape index (κ2) is 8.75. The Morgan fingerprint density at radius 3 is 2.67 bits per heavy atom. The lowest BCUT2D eigenvalue weighted by atomic mass is 9.69. The van der Waals surface area contributed by atoms with E-state index >= 15 is 0 Å². The molecule has 6 nitrogen and oxygen atoms in total. The SMILES string of the molecule is CCOC(=O)C1=C(C)NC2=C(C(=O)CC(C)(C)C2)C1c1ccc(-c2ccc(OC)c(Cl)c2)o1. The summed E-state index contributed by atoms with van der Waals surface area (Å²) in [6, 6.07) is 9.02. The maximum Gasteiger partial charge on any atom is 0.336 e. The monoisotopic (exact) mass is 469 g/mol. The number of halogens is 1. The highest BCUT2D eigenvalue weighted by atomic mass is 35.5. The highest BCUT2D eigenvalue weighted by Gasteiger charge is 2.44. The minimum Gasteiger partial charge on any atom is -0.495 e. The molecule has 0 fully saturated rings. The van der Waals surface area contributed by atoms with E-state index < -0.39 is 11.9 Å². The Labute approximate surface area is 198 Å². The Bertz CT molecular complexity index is 1190. The predicted molar refractivity (Wildman–Crippen MR) is 126 cm³/mol. The number of dihydropyridines is 1. The molecule has 1 unspecified atom stereocenters. The zero-order chi connectivity index (χ0) is 23.9. The molecule has 0 amide bonds. The van der Waals surface area contributed by atoms with Crippen molar-refractivity contribution in [3.63, 3.8) is 0 Å². The van der Waals surface area contributed by atoms with Gasteiger partial charge < -0.3 is 19.2 Å². The van der Waals surface area contributed by atoms with Gasteiger partial charge in [0, 0.05) is 29.0 Å². The molecular formula is C26H28ClNO5. The lowest BCUT2D eigenvalue weighted by Crippen LogP contribution is -2.38. The first kappa shape index (κ1) is 23.2. The van der Waals surface area contributed by atoms with Crippen LogP contribution in [0.5, 0.6) is 5.75 Å². The minimum absolute atomic E-state index is 0.0125. The number of methoxy groups -OCH3 is 1. The average Bonchev–Trinajstić information content (AvgIpc) is 3.21. The summed E-state index contributed by atoms with van der Waals surface area (Å²) >= 11 is 6.29. The van der Waals surface area contributed by atoms with E-state index in [1.54, 1.807) is 26.2 Å². The van der Waals surface area contributed by atoms with Gasteiger partial charge in [0.2, 0.25) is 0 Å². The summed E-state index contributed by atoms with van der Waals surface area (Å²) < 4.78 is 16.8. The third kappa shape index (κ3) is 4.32. The molecule has 7 heteroatoms. The van der Waals surface area contributed by atoms with Crippen molar-refractivity contribution in [2.45, 2.75) is 46.5 Å². The lowest BCUT2D eigenvalue weighted by molar-refractivity contribution is -0.138. The van der Waals surface area contributed by atoms with Crippen LogP contribution in [0.4, 0.5) is 0 Å². The van der Waals surface area contributed by atoms with Gasteiger partial charge in [0.05, 0.1) is 30.2 Å². The summed E-state index contributed by atoms with van der Waals surface area (Å²) in [6.07, 6.45) is 1.11. The Kier molecular flexibility index (Phi) is 6.14. The predicted octanol–water partition coefficient (Wildman–Crippen LogP) is 5.78. The van der Waals surface area contributed by atoms with E-state index in [0.717, 1.165) is 11.3 Å². The van der Waals surface area contributed by atoms with Gasteiger partial charge >= 0.3 is 5.97 Å². The molecule has 0 saturated carbocycles. The van der Waals surface area contributed by atoms with Gasteiger partial charge in [-0.2, -0.15) is 0 Å². The Balaban J connectivity index is 1.82. The van der Waals surface area contributed by atoms with Crippen molar-refractivity contribution in [2.75, 3.05) is 13.7 Å². The van der Waals surface area contributed by atoms with E-state index in [4.69, 9.17) is 25.5 Å². The van der Waals surface area contributed by atoms with Crippen molar-refractivity contribution in [1.82, 2.24) is 5.32 Å². The van der Waals surface area contributed by atoms with Crippen molar-refractivity contribution in [1.29, 1.82) is 0 Å². The quantitative estimate of drug-likeness (QED) is 0.559. The number of furan rings is 1. The van der Waals surface area contributed by atoms with E-state index in [2.05, 4.69) is 19.2 Å². The molecule has 1 aliphatic heterocycles. The van der Waals surface area contributed by atoms with Gasteiger partial charge in [0.15, 0.2) is 5.78 Å². The van der Waals surface area contributed by atoms with E-state index in [0.29, 0.717) is 52.0 Å². The summed E-state index contributed by atoms with van der Waals surface area (Å²) in [5.41, 5.74) is 3.10. The molecule has 0 bridgehead atoms. The molecule has 1 aromatic heterocycles. The topological polar surface area (TPSA) is 77.8 Å². The van der Waals surface area contributed by atoms with E-state index in [-0.39, 0.29) is 17.8 Å². The molecule has 2 aromatic rings. The van der Waals surface area contributed by atoms with Crippen LogP contribution in [0.2, 0.25) is 5.02 Å². The Morgan fingerprint density at radius 1 is 1.24 bits per heavy atom. The number of ketones is 1. The van der Waals surface area contributed by atoms with Gasteiger partial charge in [0.1, 0.15) is 17.3 Å². The van der Waals surface area contributed by atoms with Crippen molar-refractivity contribution in [2.24, 2.45) is 5.41 Å². The van der Waals surface area contributed by atoms with Crippen molar-refractivity contribution < 1.29 is 23.5 Å². The Hall–Kier alpha value is -2.99. The van der Waals surface area contributed by atoms with E-state index in [1.807, 2.05) is 25.1 Å². The first-order valence-electron chi connectivity index (χ1n) is 11.0. The third-order valence-corrected chi connectivity index (χ3v) is 6.38. The first-order chi connectivity index (χ1) is 15.6. The van der Waals surface area contributed by atoms with Crippen LogP contribution < -0.4 is 10.1 Å². The number of carbonyl (C=O) groups excluding carboxylic acids is 2. The number of Topliss-reactive ketones (excluding diaryl/α,β-unsaturated/α-hetero) is 1. The van der Waals surface area contributed by atoms with Gasteiger partial charge in [0.25, 0.3) is 0 Å². The summed E-state index contributed by atoms with van der Waals surface area (Å²) in [5.74, 6) is 0.590.